The number of hydrogen-bond acceptors (Lipinski definition) is 6. The lowest BCUT2D eigenvalue weighted by molar-refractivity contribution is -0.137. The molecule has 33 heavy (non-hydrogen) atoms. The minimum Gasteiger partial charge on any atom is -0.340 e. The smallest absolute Gasteiger partial charge is 0.258 e. The average Bonchev–Trinajstić information content (AvgIpc) is 3.46. The van der Waals surface area contributed by atoms with Gasteiger partial charge in [-0.25, -0.2) is 4.98 Å². The van der Waals surface area contributed by atoms with Gasteiger partial charge in [-0.1, -0.05) is 30.3 Å². The largest absolute Gasteiger partial charge is 0.340 e. The van der Waals surface area contributed by atoms with Crippen LogP contribution in [0.5, 0.6) is 0 Å². The Balaban J connectivity index is 1.17. The highest BCUT2D eigenvalue weighted by molar-refractivity contribution is 7.15. The van der Waals surface area contributed by atoms with E-state index in [4.69, 9.17) is 0 Å². The van der Waals surface area contributed by atoms with Gasteiger partial charge < -0.3 is 9.80 Å². The molecule has 0 bridgehead atoms. The molecule has 8 nitrogen and oxygen atoms in total. The van der Waals surface area contributed by atoms with Crippen LogP contribution in [-0.4, -0.2) is 68.6 Å². The minimum atomic E-state index is -0.279. The zero-order valence-corrected chi connectivity index (χ0v) is 19.4. The summed E-state index contributed by atoms with van der Waals surface area (Å²) in [4.78, 5) is 49.2. The summed E-state index contributed by atoms with van der Waals surface area (Å²) in [5.41, 5.74) is 1.78. The maximum atomic E-state index is 13.2. The first-order chi connectivity index (χ1) is 16.0. The molecule has 4 heterocycles. The van der Waals surface area contributed by atoms with Crippen LogP contribution >= 0.6 is 11.3 Å². The number of aromatic nitrogens is 2. The predicted octanol–water partition coefficient (Wildman–Crippen LogP) is 2.01. The lowest BCUT2D eigenvalue weighted by Crippen LogP contribution is -2.50. The monoisotopic (exact) mass is 465 g/mol. The highest BCUT2D eigenvalue weighted by atomic mass is 32.1. The zero-order chi connectivity index (χ0) is 22.9. The van der Waals surface area contributed by atoms with E-state index >= 15 is 0 Å². The molecule has 0 spiro atoms. The number of fused-ring (bicyclic) bond motifs is 1. The van der Waals surface area contributed by atoms with Gasteiger partial charge >= 0.3 is 0 Å². The molecule has 0 aliphatic carbocycles. The zero-order valence-electron chi connectivity index (χ0n) is 18.6. The molecule has 1 aromatic carbocycles. The number of thiazole rings is 1. The molecule has 5 rings (SSSR count). The number of carbonyl (C=O) groups is 2. The molecule has 2 saturated heterocycles. The van der Waals surface area contributed by atoms with E-state index in [9.17, 15) is 14.4 Å². The van der Waals surface area contributed by atoms with Crippen molar-refractivity contribution >= 4 is 28.1 Å². The van der Waals surface area contributed by atoms with Gasteiger partial charge in [0.1, 0.15) is 0 Å². The van der Waals surface area contributed by atoms with Crippen LogP contribution in [0.25, 0.3) is 4.96 Å². The molecule has 9 heteroatoms. The van der Waals surface area contributed by atoms with Crippen molar-refractivity contribution in [2.24, 2.45) is 5.92 Å². The normalized spacial score (nSPS) is 20.5. The minimum absolute atomic E-state index is 0.0365. The Bertz CT molecular complexity index is 1220. The van der Waals surface area contributed by atoms with Crippen molar-refractivity contribution in [1.82, 2.24) is 24.1 Å². The Morgan fingerprint density at radius 3 is 2.67 bits per heavy atom. The fourth-order valence-corrected chi connectivity index (χ4v) is 5.50. The number of benzene rings is 1. The summed E-state index contributed by atoms with van der Waals surface area (Å²) >= 11 is 1.45. The van der Waals surface area contributed by atoms with Crippen molar-refractivity contribution in [1.29, 1.82) is 0 Å². The van der Waals surface area contributed by atoms with E-state index < -0.39 is 0 Å². The van der Waals surface area contributed by atoms with Crippen LogP contribution in [0, 0.1) is 5.92 Å². The summed E-state index contributed by atoms with van der Waals surface area (Å²) in [6.07, 6.45) is 2.02. The summed E-state index contributed by atoms with van der Waals surface area (Å²) in [6.45, 7) is 5.78. The van der Waals surface area contributed by atoms with E-state index in [1.54, 1.807) is 16.7 Å². The molecule has 0 radical (unpaired) electrons. The summed E-state index contributed by atoms with van der Waals surface area (Å²) in [5.74, 6) is -0.162. The van der Waals surface area contributed by atoms with Crippen LogP contribution < -0.4 is 5.56 Å². The van der Waals surface area contributed by atoms with Crippen molar-refractivity contribution in [3.63, 3.8) is 0 Å². The standard InChI is InChI=1S/C24H27N5O3S/c1-17(18-5-3-2-4-6-18)29-15-19(13-21(29)30)23(32)27-9-7-26(8-10-27)16-20-14-22(31)28-11-12-33-24(28)25-20/h2-6,11-12,14,17,19H,7-10,13,15-16H2,1H3. The number of amides is 2. The number of piperazine rings is 1. The van der Waals surface area contributed by atoms with Gasteiger partial charge in [0.2, 0.25) is 11.8 Å². The SMILES string of the molecule is CC(c1ccccc1)N1CC(C(=O)N2CCN(Cc3cc(=O)n4ccsc4n3)CC2)CC1=O. The maximum Gasteiger partial charge on any atom is 0.258 e. The van der Waals surface area contributed by atoms with Crippen LogP contribution in [0.4, 0.5) is 0 Å². The van der Waals surface area contributed by atoms with E-state index in [1.165, 1.54) is 11.3 Å². The van der Waals surface area contributed by atoms with Crippen LogP contribution in [0.15, 0.2) is 52.8 Å². The Labute approximate surface area is 196 Å². The van der Waals surface area contributed by atoms with Gasteiger partial charge in [-0.15, -0.1) is 11.3 Å². The van der Waals surface area contributed by atoms with Crippen molar-refractivity contribution in [3.05, 3.63) is 69.6 Å². The Morgan fingerprint density at radius 1 is 1.15 bits per heavy atom. The number of nitrogens with zero attached hydrogens (tertiary/aromatic N) is 5. The third-order valence-electron chi connectivity index (χ3n) is 6.68. The van der Waals surface area contributed by atoms with E-state index in [2.05, 4.69) is 9.88 Å². The number of hydrogen-bond donors (Lipinski definition) is 0. The number of rotatable bonds is 5. The summed E-state index contributed by atoms with van der Waals surface area (Å²) in [5, 5.41) is 1.85. The van der Waals surface area contributed by atoms with Crippen molar-refractivity contribution in [3.8, 4) is 0 Å². The molecule has 2 amide bonds. The molecule has 2 aromatic heterocycles. The van der Waals surface area contributed by atoms with Crippen molar-refractivity contribution in [2.75, 3.05) is 32.7 Å². The Morgan fingerprint density at radius 2 is 1.91 bits per heavy atom. The molecule has 2 atom stereocenters. The molecule has 2 aliphatic heterocycles. The summed E-state index contributed by atoms with van der Waals surface area (Å²) in [6, 6.07) is 11.5. The van der Waals surface area contributed by atoms with E-state index in [0.717, 1.165) is 24.3 Å². The molecular weight excluding hydrogens is 438 g/mol. The first kappa shape index (κ1) is 21.8. The highest BCUT2D eigenvalue weighted by Gasteiger charge is 2.39. The third kappa shape index (κ3) is 4.43. The van der Waals surface area contributed by atoms with Gasteiger partial charge in [0, 0.05) is 63.3 Å². The van der Waals surface area contributed by atoms with Crippen LogP contribution in [-0.2, 0) is 16.1 Å². The van der Waals surface area contributed by atoms with Crippen LogP contribution in [0.1, 0.15) is 30.6 Å². The van der Waals surface area contributed by atoms with Gasteiger partial charge in [-0.3, -0.25) is 23.7 Å². The molecule has 3 aromatic rings. The summed E-state index contributed by atoms with van der Waals surface area (Å²) < 4.78 is 1.55. The maximum absolute atomic E-state index is 13.2. The fraction of sp³-hybridized carbons (Fsp3) is 0.417. The quantitative estimate of drug-likeness (QED) is 0.576. The summed E-state index contributed by atoms with van der Waals surface area (Å²) in [7, 11) is 0. The molecule has 172 valence electrons. The van der Waals surface area contributed by atoms with Gasteiger partial charge in [-0.2, -0.15) is 0 Å². The second kappa shape index (κ2) is 9.07. The first-order valence-corrected chi connectivity index (χ1v) is 12.2. The van der Waals surface area contributed by atoms with Crippen molar-refractivity contribution in [2.45, 2.75) is 25.9 Å². The van der Waals surface area contributed by atoms with E-state index in [-0.39, 0.29) is 35.8 Å². The lowest BCUT2D eigenvalue weighted by atomic mass is 10.1. The van der Waals surface area contributed by atoms with Crippen molar-refractivity contribution < 1.29 is 9.59 Å². The lowest BCUT2D eigenvalue weighted by Gasteiger charge is -2.35. The van der Waals surface area contributed by atoms with Crippen LogP contribution in [0.2, 0.25) is 0 Å². The molecular formula is C24H27N5O3S. The van der Waals surface area contributed by atoms with Crippen LogP contribution in [0.3, 0.4) is 0 Å². The number of carbonyl (C=O) groups excluding carboxylic acids is 2. The van der Waals surface area contributed by atoms with E-state index in [1.807, 2.05) is 52.4 Å². The van der Waals surface area contributed by atoms with Gasteiger partial charge in [0.25, 0.3) is 5.56 Å². The van der Waals surface area contributed by atoms with Gasteiger partial charge in [0.05, 0.1) is 17.7 Å². The third-order valence-corrected chi connectivity index (χ3v) is 7.44. The average molecular weight is 466 g/mol. The number of likely N-dealkylation sites (tertiary alicyclic amines) is 1. The Kier molecular flexibility index (Phi) is 5.99. The first-order valence-electron chi connectivity index (χ1n) is 11.3. The molecule has 0 saturated carbocycles. The van der Waals surface area contributed by atoms with Gasteiger partial charge in [-0.05, 0) is 12.5 Å². The fourth-order valence-electron chi connectivity index (χ4n) is 4.77. The van der Waals surface area contributed by atoms with Gasteiger partial charge in [0.15, 0.2) is 4.96 Å². The molecule has 2 aliphatic rings. The second-order valence-corrected chi connectivity index (χ2v) is 9.65. The highest BCUT2D eigenvalue weighted by Crippen LogP contribution is 2.29. The van der Waals surface area contributed by atoms with E-state index in [0.29, 0.717) is 31.1 Å². The Hall–Kier alpha value is -3.04. The molecule has 0 N–H and O–H groups in total. The molecule has 2 unspecified atom stereocenters. The topological polar surface area (TPSA) is 78.2 Å². The predicted molar refractivity (Wildman–Crippen MR) is 126 cm³/mol. The molecule has 2 fully saturated rings. The second-order valence-electron chi connectivity index (χ2n) is 8.78.